The average Bonchev–Trinajstić information content (AvgIpc) is 1.28. The summed E-state index contributed by atoms with van der Waals surface area (Å²) >= 11 is 0. The summed E-state index contributed by atoms with van der Waals surface area (Å²) < 4.78 is 60.9. The van der Waals surface area contributed by atoms with E-state index in [4.69, 9.17) is 32.3 Å². The molecule has 0 aromatic rings. The average molecular weight is 1430 g/mol. The third-order valence-electron chi connectivity index (χ3n) is 15.8. The highest BCUT2D eigenvalue weighted by Crippen LogP contribution is 2.45. The Labute approximate surface area is 601 Å². The van der Waals surface area contributed by atoms with Gasteiger partial charge in [-0.1, -0.05) is 289 Å². The first-order valence-electron chi connectivity index (χ1n) is 38.5. The van der Waals surface area contributed by atoms with Crippen LogP contribution in [-0.2, 0) is 55.8 Å². The number of aliphatic hydroxyl groups excluding tert-OH is 2. The van der Waals surface area contributed by atoms with Gasteiger partial charge in [-0.05, 0) is 128 Å². The van der Waals surface area contributed by atoms with E-state index in [0.29, 0.717) is 19.3 Å². The summed E-state index contributed by atoms with van der Waals surface area (Å²) in [5.74, 6) is -1.62. The van der Waals surface area contributed by atoms with Crippen molar-refractivity contribution in [1.29, 1.82) is 0 Å². The van der Waals surface area contributed by atoms with Gasteiger partial charge in [0.25, 0.3) is 0 Å². The Kier molecular flexibility index (Phi) is 70.2. The summed E-state index contributed by atoms with van der Waals surface area (Å²) in [5.41, 5.74) is 0. The van der Waals surface area contributed by atoms with Crippen LogP contribution in [0.4, 0.5) is 0 Å². The van der Waals surface area contributed by atoms with E-state index >= 15 is 0 Å². The fourth-order valence-electron chi connectivity index (χ4n) is 10.0. The van der Waals surface area contributed by atoms with Gasteiger partial charge in [0.2, 0.25) is 0 Å². The second-order valence-electron chi connectivity index (χ2n) is 25.4. The molecule has 5 unspecified atom stereocenters. The molecule has 0 aromatic carbocycles. The lowest BCUT2D eigenvalue weighted by Gasteiger charge is -2.21. The predicted octanol–water partition coefficient (Wildman–Crippen LogP) is 22.3. The molecule has 568 valence electrons. The zero-order valence-electron chi connectivity index (χ0n) is 61.9. The molecular formula is C81H138O16P2. The topological polar surface area (TPSA) is 231 Å². The van der Waals surface area contributed by atoms with Gasteiger partial charge >= 0.3 is 33.6 Å². The number of allylic oxidation sites excluding steroid dienone is 22. The number of phosphoric acid groups is 2. The molecule has 0 radical (unpaired) electrons. The molecule has 0 rings (SSSR count). The molecule has 0 spiro atoms. The van der Waals surface area contributed by atoms with E-state index in [1.54, 1.807) is 0 Å². The molecule has 0 heterocycles. The van der Waals surface area contributed by atoms with Crippen molar-refractivity contribution >= 4 is 33.6 Å². The lowest BCUT2D eigenvalue weighted by Crippen LogP contribution is -2.30. The van der Waals surface area contributed by atoms with Gasteiger partial charge in [-0.2, -0.15) is 0 Å². The minimum Gasteiger partial charge on any atom is -0.463 e. The molecule has 0 aromatic heterocycles. The number of esters is 3. The smallest absolute Gasteiger partial charge is 0.463 e. The van der Waals surface area contributed by atoms with Gasteiger partial charge in [0.1, 0.15) is 25.4 Å². The number of hydrogen-bond acceptors (Lipinski definition) is 14. The molecule has 0 saturated carbocycles. The van der Waals surface area contributed by atoms with E-state index in [0.717, 1.165) is 141 Å². The van der Waals surface area contributed by atoms with Gasteiger partial charge in [-0.3, -0.25) is 32.5 Å². The number of phosphoric ester groups is 2. The van der Waals surface area contributed by atoms with Gasteiger partial charge in [-0.25, -0.2) is 9.13 Å². The first-order valence-corrected chi connectivity index (χ1v) is 41.5. The quantitative estimate of drug-likeness (QED) is 0.0146. The summed E-state index contributed by atoms with van der Waals surface area (Å²) in [6, 6.07) is 0. The molecule has 0 fully saturated rings. The second kappa shape index (κ2) is 73.4. The first kappa shape index (κ1) is 94.7. The third-order valence-corrected chi connectivity index (χ3v) is 17.7. The van der Waals surface area contributed by atoms with Gasteiger partial charge in [0.15, 0.2) is 6.10 Å². The van der Waals surface area contributed by atoms with Crippen molar-refractivity contribution in [1.82, 2.24) is 0 Å². The number of carbonyl (C=O) groups excluding carboxylic acids is 3. The van der Waals surface area contributed by atoms with Crippen molar-refractivity contribution in [2.45, 2.75) is 322 Å². The maximum Gasteiger partial charge on any atom is 0.472 e. The summed E-state index contributed by atoms with van der Waals surface area (Å²) in [4.78, 5) is 58.4. The monoisotopic (exact) mass is 1430 g/mol. The number of hydrogen-bond donors (Lipinski definition) is 4. The van der Waals surface area contributed by atoms with Crippen LogP contribution >= 0.6 is 15.6 Å². The van der Waals surface area contributed by atoms with E-state index in [-0.39, 0.29) is 19.3 Å². The van der Waals surface area contributed by atoms with Gasteiger partial charge in [0.05, 0.1) is 26.4 Å². The lowest BCUT2D eigenvalue weighted by atomic mass is 10.0. The number of carbonyl (C=O) groups is 3. The number of unbranched alkanes of at least 4 members (excludes halogenated alkanes) is 27. The largest absolute Gasteiger partial charge is 0.472 e. The van der Waals surface area contributed by atoms with Crippen LogP contribution in [0.5, 0.6) is 0 Å². The van der Waals surface area contributed by atoms with Crippen LogP contribution in [0.15, 0.2) is 134 Å². The van der Waals surface area contributed by atoms with Crippen LogP contribution in [0.3, 0.4) is 0 Å². The highest BCUT2D eigenvalue weighted by molar-refractivity contribution is 7.47. The highest BCUT2D eigenvalue weighted by Gasteiger charge is 2.29. The molecule has 99 heavy (non-hydrogen) atoms. The second-order valence-corrected chi connectivity index (χ2v) is 28.3. The van der Waals surface area contributed by atoms with Crippen LogP contribution in [0.1, 0.15) is 303 Å². The molecule has 16 nitrogen and oxygen atoms in total. The molecule has 0 bridgehead atoms. The summed E-state index contributed by atoms with van der Waals surface area (Å²) in [6.45, 7) is 2.36. The van der Waals surface area contributed by atoms with Crippen LogP contribution in [-0.4, -0.2) is 95.9 Å². The van der Waals surface area contributed by atoms with Crippen molar-refractivity contribution in [2.24, 2.45) is 0 Å². The first-order chi connectivity index (χ1) is 48.2. The van der Waals surface area contributed by atoms with E-state index in [1.165, 1.54) is 103 Å². The number of ether oxygens (including phenoxy) is 3. The molecular weight excluding hydrogens is 1290 g/mol. The van der Waals surface area contributed by atoms with Crippen LogP contribution in [0.25, 0.3) is 0 Å². The maximum absolute atomic E-state index is 12.9. The standard InChI is InChI=1S/C81H138O16P2/c1-4-7-10-13-16-19-22-24-26-28-30-31-32-33-34-35-36-37-38-39-40-41-42-43-45-47-48-50-53-55-58-61-64-67-79(84)91-70-76(82)71-93-98(87,88)94-72-77(83)73-95-99(89,90)96-75-78(97-81(86)69-66-63-60-57-52-21-18-15-12-9-6-3)74-92-80(85)68-65-62-59-56-54-51-49-46-44-29-27-25-23-20-17-14-11-8-5-2/h7-8,10-11,15-20,24-27,30-31,33-34,44,46,51,54,76-78,82-83H,4-6,9,12-14,21-23,28-29,32,35-43,45,47-50,52-53,55-75H2,1-3H3,(H,87,88)(H,89,90)/b10-7-,11-8-,18-15-,19-16-,20-17-,26-24-,27-25-,31-30-,34-33-,46-44-,54-51-. The van der Waals surface area contributed by atoms with Gasteiger partial charge in [-0.15, -0.1) is 0 Å². The zero-order valence-corrected chi connectivity index (χ0v) is 63.7. The third kappa shape index (κ3) is 74.7. The Balaban J connectivity index is 4.38. The zero-order chi connectivity index (χ0) is 72.3. The van der Waals surface area contributed by atoms with Crippen LogP contribution in [0.2, 0.25) is 0 Å². The molecule has 0 aliphatic heterocycles. The molecule has 0 saturated heterocycles. The Morgan fingerprint density at radius 3 is 0.869 bits per heavy atom. The maximum atomic E-state index is 12.9. The number of aliphatic hydroxyl groups is 2. The van der Waals surface area contributed by atoms with E-state index in [1.807, 2.05) is 0 Å². The van der Waals surface area contributed by atoms with E-state index < -0.39 is 91.5 Å². The molecule has 4 N–H and O–H groups in total. The summed E-state index contributed by atoms with van der Waals surface area (Å²) in [6.07, 6.45) is 88.2. The Bertz CT molecular complexity index is 2330. The SMILES string of the molecule is CC/C=C\C/C=C\C/C=C\C/C=C\C/C=C\CCCCCCCCCCCCCCCCCCCC(=O)OCC(O)COP(=O)(O)OCC(O)COP(=O)(O)OCC(COC(=O)CCCCC/C=C\C/C=C\C/C=C\C/C=C\C/C=C\CC)OC(=O)CCCCCCC/C=C\CCCC. The van der Waals surface area contributed by atoms with Crippen LogP contribution < -0.4 is 0 Å². The molecule has 5 atom stereocenters. The highest BCUT2D eigenvalue weighted by atomic mass is 31.2. The lowest BCUT2D eigenvalue weighted by molar-refractivity contribution is -0.161. The van der Waals surface area contributed by atoms with Crippen molar-refractivity contribution in [2.75, 3.05) is 39.6 Å². The van der Waals surface area contributed by atoms with Crippen LogP contribution in [0, 0.1) is 0 Å². The normalized spacial score (nSPS) is 14.8. The Hall–Kier alpha value is -4.31. The molecule has 0 aliphatic rings. The minimum atomic E-state index is -4.93. The Morgan fingerprint density at radius 2 is 0.535 bits per heavy atom. The summed E-state index contributed by atoms with van der Waals surface area (Å²) in [5, 5.41) is 20.6. The van der Waals surface area contributed by atoms with E-state index in [9.17, 15) is 43.5 Å². The molecule has 0 aliphatic carbocycles. The number of rotatable bonds is 72. The van der Waals surface area contributed by atoms with Crippen molar-refractivity contribution < 1.29 is 75.8 Å². The Morgan fingerprint density at radius 1 is 0.293 bits per heavy atom. The summed E-state index contributed by atoms with van der Waals surface area (Å²) in [7, 11) is -9.79. The van der Waals surface area contributed by atoms with E-state index in [2.05, 4.69) is 154 Å². The van der Waals surface area contributed by atoms with Crippen molar-refractivity contribution in [3.8, 4) is 0 Å². The molecule has 0 amide bonds. The van der Waals surface area contributed by atoms with Crippen molar-refractivity contribution in [3.63, 3.8) is 0 Å². The van der Waals surface area contributed by atoms with Crippen molar-refractivity contribution in [3.05, 3.63) is 134 Å². The molecule has 18 heteroatoms. The van der Waals surface area contributed by atoms with Gasteiger partial charge in [0, 0.05) is 19.3 Å². The minimum absolute atomic E-state index is 0.0842. The predicted molar refractivity (Wildman–Crippen MR) is 408 cm³/mol. The fraction of sp³-hybridized carbons (Fsp3) is 0.691. The fourth-order valence-corrected chi connectivity index (χ4v) is 11.6. The van der Waals surface area contributed by atoms with Gasteiger partial charge < -0.3 is 34.2 Å².